The Morgan fingerprint density at radius 3 is 2.68 bits per heavy atom. The molecule has 0 fully saturated rings. The molecule has 1 aromatic heterocycles. The molecule has 2 aromatic carbocycles. The number of rotatable bonds is 9. The van der Waals surface area contributed by atoms with Gasteiger partial charge in [-0.05, 0) is 53.8 Å². The van der Waals surface area contributed by atoms with Crippen LogP contribution in [0.1, 0.15) is 47.7 Å². The molecule has 1 amide bonds. The van der Waals surface area contributed by atoms with Crippen LogP contribution in [0.3, 0.4) is 0 Å². The third kappa shape index (κ3) is 5.71. The predicted octanol–water partition coefficient (Wildman–Crippen LogP) is 4.41. The Bertz CT molecular complexity index is 871. The summed E-state index contributed by atoms with van der Waals surface area (Å²) in [5.41, 5.74) is 2.91. The standard InChI is InChI=1S/C23H27N3O2/c1-18(2)20-8-10-22(11-9-20)28-17-19-6-3-7-21(16-19)23(27)24-12-4-14-26-15-5-13-25-26/h3,5-11,13,15-16,18H,4,12,14,17H2,1-2H3,(H,24,27). The second-order valence-electron chi connectivity index (χ2n) is 7.09. The molecule has 1 heterocycles. The number of ether oxygens (including phenoxy) is 1. The van der Waals surface area contributed by atoms with Gasteiger partial charge in [-0.15, -0.1) is 0 Å². The third-order valence-electron chi connectivity index (χ3n) is 4.55. The van der Waals surface area contributed by atoms with E-state index in [-0.39, 0.29) is 5.91 Å². The minimum absolute atomic E-state index is 0.0661. The second kappa shape index (κ2) is 9.74. The van der Waals surface area contributed by atoms with Gasteiger partial charge in [-0.1, -0.05) is 38.1 Å². The van der Waals surface area contributed by atoms with Crippen molar-refractivity contribution in [3.05, 3.63) is 83.7 Å². The van der Waals surface area contributed by atoms with Gasteiger partial charge in [-0.25, -0.2) is 0 Å². The Balaban J connectivity index is 1.47. The molecule has 28 heavy (non-hydrogen) atoms. The van der Waals surface area contributed by atoms with Gasteiger partial charge in [-0.2, -0.15) is 5.10 Å². The molecule has 5 nitrogen and oxygen atoms in total. The molecule has 0 saturated heterocycles. The average Bonchev–Trinajstić information content (AvgIpc) is 3.23. The number of aromatic nitrogens is 2. The van der Waals surface area contributed by atoms with Crippen molar-refractivity contribution in [1.82, 2.24) is 15.1 Å². The van der Waals surface area contributed by atoms with Crippen molar-refractivity contribution >= 4 is 5.91 Å². The summed E-state index contributed by atoms with van der Waals surface area (Å²) in [6.07, 6.45) is 4.51. The van der Waals surface area contributed by atoms with Crippen LogP contribution in [-0.2, 0) is 13.2 Å². The van der Waals surface area contributed by atoms with Crippen molar-refractivity contribution in [3.63, 3.8) is 0 Å². The van der Waals surface area contributed by atoms with Crippen LogP contribution in [0, 0.1) is 0 Å². The molecule has 0 radical (unpaired) electrons. The number of hydrogen-bond donors (Lipinski definition) is 1. The summed E-state index contributed by atoms with van der Waals surface area (Å²) in [5, 5.41) is 7.11. The van der Waals surface area contributed by atoms with Gasteiger partial charge in [0.25, 0.3) is 5.91 Å². The van der Waals surface area contributed by atoms with Crippen LogP contribution in [0.15, 0.2) is 67.0 Å². The van der Waals surface area contributed by atoms with E-state index in [2.05, 4.69) is 36.4 Å². The third-order valence-corrected chi connectivity index (χ3v) is 4.55. The number of amides is 1. The highest BCUT2D eigenvalue weighted by atomic mass is 16.5. The van der Waals surface area contributed by atoms with Crippen molar-refractivity contribution in [2.75, 3.05) is 6.54 Å². The maximum absolute atomic E-state index is 12.4. The summed E-state index contributed by atoms with van der Waals surface area (Å²) in [7, 11) is 0. The maximum atomic E-state index is 12.4. The molecule has 0 aliphatic carbocycles. The number of carbonyl (C=O) groups is 1. The summed E-state index contributed by atoms with van der Waals surface area (Å²) in [6, 6.07) is 17.6. The predicted molar refractivity (Wildman–Crippen MR) is 110 cm³/mol. The Labute approximate surface area is 166 Å². The first kappa shape index (κ1) is 19.7. The molecule has 0 bridgehead atoms. The van der Waals surface area contributed by atoms with E-state index in [1.165, 1.54) is 5.56 Å². The van der Waals surface area contributed by atoms with Gasteiger partial charge in [-0.3, -0.25) is 9.48 Å². The van der Waals surface area contributed by atoms with Crippen molar-refractivity contribution < 1.29 is 9.53 Å². The molecule has 0 unspecified atom stereocenters. The molecule has 0 aliphatic rings. The van der Waals surface area contributed by atoms with E-state index in [9.17, 15) is 4.79 Å². The largest absolute Gasteiger partial charge is 0.489 e. The van der Waals surface area contributed by atoms with Gasteiger partial charge in [0.15, 0.2) is 0 Å². The summed E-state index contributed by atoms with van der Waals surface area (Å²) in [4.78, 5) is 12.4. The van der Waals surface area contributed by atoms with E-state index < -0.39 is 0 Å². The van der Waals surface area contributed by atoms with Gasteiger partial charge in [0.05, 0.1) is 0 Å². The lowest BCUT2D eigenvalue weighted by atomic mass is 10.0. The summed E-state index contributed by atoms with van der Waals surface area (Å²) in [5.74, 6) is 1.27. The highest BCUT2D eigenvalue weighted by Crippen LogP contribution is 2.19. The molecule has 0 aliphatic heterocycles. The normalized spacial score (nSPS) is 10.8. The SMILES string of the molecule is CC(C)c1ccc(OCc2cccc(C(=O)NCCCn3cccn3)c2)cc1. The first-order valence-electron chi connectivity index (χ1n) is 9.69. The molecule has 146 valence electrons. The first-order valence-corrected chi connectivity index (χ1v) is 9.69. The van der Waals surface area contributed by atoms with Gasteiger partial charge in [0, 0.05) is 31.0 Å². The highest BCUT2D eigenvalue weighted by molar-refractivity contribution is 5.94. The van der Waals surface area contributed by atoms with Crippen LogP contribution in [0.25, 0.3) is 0 Å². The molecule has 0 saturated carbocycles. The van der Waals surface area contributed by atoms with Crippen LogP contribution in [-0.4, -0.2) is 22.2 Å². The van der Waals surface area contributed by atoms with E-state index >= 15 is 0 Å². The van der Waals surface area contributed by atoms with E-state index in [1.54, 1.807) is 6.20 Å². The van der Waals surface area contributed by atoms with Gasteiger partial charge >= 0.3 is 0 Å². The first-order chi connectivity index (χ1) is 13.6. The quantitative estimate of drug-likeness (QED) is 0.562. The topological polar surface area (TPSA) is 56.1 Å². The van der Waals surface area contributed by atoms with Crippen molar-refractivity contribution in [2.45, 2.75) is 39.3 Å². The lowest BCUT2D eigenvalue weighted by molar-refractivity contribution is 0.0952. The molecule has 0 spiro atoms. The smallest absolute Gasteiger partial charge is 0.251 e. The van der Waals surface area contributed by atoms with Crippen molar-refractivity contribution in [3.8, 4) is 5.75 Å². The number of benzene rings is 2. The Hall–Kier alpha value is -3.08. The molecule has 3 rings (SSSR count). The Morgan fingerprint density at radius 2 is 1.96 bits per heavy atom. The monoisotopic (exact) mass is 377 g/mol. The fourth-order valence-electron chi connectivity index (χ4n) is 2.90. The van der Waals surface area contributed by atoms with Gasteiger partial charge in [0.1, 0.15) is 12.4 Å². The second-order valence-corrected chi connectivity index (χ2v) is 7.09. The lowest BCUT2D eigenvalue weighted by Crippen LogP contribution is -2.25. The zero-order chi connectivity index (χ0) is 19.8. The summed E-state index contributed by atoms with van der Waals surface area (Å²) < 4.78 is 7.72. The van der Waals surface area contributed by atoms with Crippen LogP contribution in [0.2, 0.25) is 0 Å². The van der Waals surface area contributed by atoms with Crippen LogP contribution in [0.4, 0.5) is 0 Å². The zero-order valence-corrected chi connectivity index (χ0v) is 16.5. The molecule has 0 atom stereocenters. The zero-order valence-electron chi connectivity index (χ0n) is 16.5. The van der Waals surface area contributed by atoms with Gasteiger partial charge < -0.3 is 10.1 Å². The highest BCUT2D eigenvalue weighted by Gasteiger charge is 2.06. The minimum atomic E-state index is -0.0661. The molecular formula is C23H27N3O2. The molecule has 3 aromatic rings. The van der Waals surface area contributed by atoms with Crippen LogP contribution >= 0.6 is 0 Å². The van der Waals surface area contributed by atoms with Crippen LogP contribution < -0.4 is 10.1 Å². The van der Waals surface area contributed by atoms with E-state index in [1.807, 2.05) is 53.3 Å². The number of carbonyl (C=O) groups excluding carboxylic acids is 1. The van der Waals surface area contributed by atoms with Crippen molar-refractivity contribution in [1.29, 1.82) is 0 Å². The molecular weight excluding hydrogens is 350 g/mol. The van der Waals surface area contributed by atoms with Crippen molar-refractivity contribution in [2.24, 2.45) is 0 Å². The summed E-state index contributed by atoms with van der Waals surface area (Å²) in [6.45, 7) is 6.17. The van der Waals surface area contributed by atoms with E-state index in [0.717, 1.165) is 24.3 Å². The number of nitrogens with one attached hydrogen (secondary N) is 1. The molecule has 1 N–H and O–H groups in total. The van der Waals surface area contributed by atoms with Crippen LogP contribution in [0.5, 0.6) is 5.75 Å². The average molecular weight is 377 g/mol. The molecule has 5 heteroatoms. The fraction of sp³-hybridized carbons (Fsp3) is 0.304. The van der Waals surface area contributed by atoms with E-state index in [4.69, 9.17) is 4.74 Å². The minimum Gasteiger partial charge on any atom is -0.489 e. The van der Waals surface area contributed by atoms with Gasteiger partial charge in [0.2, 0.25) is 0 Å². The fourth-order valence-corrected chi connectivity index (χ4v) is 2.90. The maximum Gasteiger partial charge on any atom is 0.251 e. The Morgan fingerprint density at radius 1 is 1.14 bits per heavy atom. The lowest BCUT2D eigenvalue weighted by Gasteiger charge is -2.10. The number of aryl methyl sites for hydroxylation is 1. The Kier molecular flexibility index (Phi) is 6.84. The van der Waals surface area contributed by atoms with E-state index in [0.29, 0.717) is 24.6 Å². The summed E-state index contributed by atoms with van der Waals surface area (Å²) >= 11 is 0. The number of nitrogens with zero attached hydrogens (tertiary/aromatic N) is 2. The number of hydrogen-bond acceptors (Lipinski definition) is 3.